The van der Waals surface area contributed by atoms with Gasteiger partial charge in [0.15, 0.2) is 5.41 Å². The fraction of sp³-hybridized carbons (Fsp3) is 0.360. The van der Waals surface area contributed by atoms with Gasteiger partial charge in [0.05, 0.1) is 13.2 Å². The van der Waals surface area contributed by atoms with Crippen LogP contribution in [0.5, 0.6) is 11.5 Å². The van der Waals surface area contributed by atoms with Gasteiger partial charge in [-0.25, -0.2) is 9.59 Å². The normalized spacial score (nSPS) is 21.6. The van der Waals surface area contributed by atoms with Crippen LogP contribution >= 0.6 is 0 Å². The predicted octanol–water partition coefficient (Wildman–Crippen LogP) is 16.7. The molecule has 85 heavy (non-hydrogen) atoms. The molecule has 0 aliphatic heterocycles. The zero-order valence-corrected chi connectivity index (χ0v) is 49.1. The van der Waals surface area contributed by atoms with Crippen molar-refractivity contribution in [2.75, 3.05) is 13.2 Å². The molecule has 19 rings (SSSR count). The fourth-order valence-corrected chi connectivity index (χ4v) is 20.2. The van der Waals surface area contributed by atoms with Crippen LogP contribution < -0.4 is 9.47 Å². The summed E-state index contributed by atoms with van der Waals surface area (Å²) in [5.74, 6) is 0.234. The number of carbonyl (C=O) groups is 4. The number of esters is 2. The number of allylic oxidation sites excluding steroid dienone is 4. The minimum Gasteiger partial charge on any atom is -0.465 e. The Hall–Kier alpha value is -8.24. The average molecular weight is 1120 g/mol. The van der Waals surface area contributed by atoms with Gasteiger partial charge in [0, 0.05) is 28.6 Å². The fourth-order valence-electron chi connectivity index (χ4n) is 20.2. The molecule has 0 bridgehead atoms. The highest BCUT2D eigenvalue weighted by molar-refractivity contribution is 6.58. The third-order valence-electron chi connectivity index (χ3n) is 22.3. The number of fused-ring (bicyclic) bond motifs is 1. The Morgan fingerprint density at radius 3 is 1.53 bits per heavy atom. The third-order valence-corrected chi connectivity index (χ3v) is 22.3. The van der Waals surface area contributed by atoms with Crippen LogP contribution in [0.1, 0.15) is 154 Å². The van der Waals surface area contributed by atoms with Crippen molar-refractivity contribution < 1.29 is 47.6 Å². The van der Waals surface area contributed by atoms with Crippen molar-refractivity contribution >= 4 is 122 Å². The first-order valence-electron chi connectivity index (χ1n) is 31.0. The van der Waals surface area contributed by atoms with Crippen molar-refractivity contribution in [1.82, 2.24) is 0 Å². The molecule has 8 aliphatic rings. The van der Waals surface area contributed by atoms with E-state index in [0.29, 0.717) is 68.3 Å². The van der Waals surface area contributed by atoms with Gasteiger partial charge in [0.1, 0.15) is 22.7 Å². The molecular weight excluding hydrogens is 1060 g/mol. The van der Waals surface area contributed by atoms with Gasteiger partial charge in [0.25, 0.3) is 0 Å². The molecule has 0 aromatic heterocycles. The molecule has 0 N–H and O–H groups in total. The van der Waals surface area contributed by atoms with Gasteiger partial charge in [-0.2, -0.15) is 0 Å². The van der Waals surface area contributed by atoms with E-state index in [2.05, 4.69) is 44.2 Å². The van der Waals surface area contributed by atoms with Crippen LogP contribution in [0.15, 0.2) is 78.9 Å². The van der Waals surface area contributed by atoms with Crippen molar-refractivity contribution in [2.45, 2.75) is 142 Å². The van der Waals surface area contributed by atoms with Crippen molar-refractivity contribution in [1.29, 1.82) is 0 Å². The quantitative estimate of drug-likeness (QED) is 0.0260. The van der Waals surface area contributed by atoms with E-state index in [1.165, 1.54) is 136 Å². The zero-order valence-electron chi connectivity index (χ0n) is 49.1. The Labute approximate surface area is 490 Å². The largest absolute Gasteiger partial charge is 0.514 e. The monoisotopic (exact) mass is 1120 g/mol. The van der Waals surface area contributed by atoms with Crippen LogP contribution in [0, 0.1) is 16.7 Å². The van der Waals surface area contributed by atoms with Gasteiger partial charge in [-0.05, 0) is 282 Å². The van der Waals surface area contributed by atoms with E-state index in [9.17, 15) is 9.59 Å². The number of benzene rings is 9. The summed E-state index contributed by atoms with van der Waals surface area (Å²) < 4.78 is 35.3. The van der Waals surface area contributed by atoms with Crippen LogP contribution in [0.3, 0.4) is 0 Å². The zero-order chi connectivity index (χ0) is 57.7. The Kier molecular flexibility index (Phi) is 8.90. The molecule has 10 heteroatoms. The van der Waals surface area contributed by atoms with Gasteiger partial charge >= 0.3 is 24.2 Å². The highest BCUT2D eigenvalue weighted by atomic mass is 16.7. The lowest BCUT2D eigenvalue weighted by Gasteiger charge is -2.73. The van der Waals surface area contributed by atoms with E-state index in [0.717, 1.165) is 24.0 Å². The van der Waals surface area contributed by atoms with E-state index in [4.69, 9.17) is 28.4 Å². The van der Waals surface area contributed by atoms with E-state index in [1.807, 2.05) is 24.3 Å². The van der Waals surface area contributed by atoms with E-state index in [-0.39, 0.29) is 19.1 Å². The summed E-state index contributed by atoms with van der Waals surface area (Å²) in [7, 11) is 0. The second-order valence-corrected chi connectivity index (χ2v) is 28.4. The first-order chi connectivity index (χ1) is 40.9. The Bertz CT molecular complexity index is 4900. The Morgan fingerprint density at radius 1 is 0.529 bits per heavy atom. The van der Waals surface area contributed by atoms with Gasteiger partial charge in [0.2, 0.25) is 0 Å². The number of hydrogen-bond acceptors (Lipinski definition) is 10. The Balaban J connectivity index is 0.773. The maximum atomic E-state index is 16.7. The van der Waals surface area contributed by atoms with E-state index in [1.54, 1.807) is 76.9 Å². The smallest absolute Gasteiger partial charge is 0.465 e. The lowest BCUT2D eigenvalue weighted by molar-refractivity contribution is -0.236. The molecule has 1 fully saturated rings. The van der Waals surface area contributed by atoms with Crippen molar-refractivity contribution in [2.24, 2.45) is 16.7 Å². The topological polar surface area (TPSA) is 124 Å². The molecule has 4 atom stereocenters. The number of aryl methyl sites for hydroxylation is 2. The van der Waals surface area contributed by atoms with Crippen molar-refractivity contribution in [3.05, 3.63) is 140 Å². The number of ether oxygens (including phenoxy) is 6. The molecule has 1 spiro atoms. The number of rotatable bonds is 14. The summed E-state index contributed by atoms with van der Waals surface area (Å²) >= 11 is 0. The molecule has 4 unspecified atom stereocenters. The van der Waals surface area contributed by atoms with Crippen molar-refractivity contribution in [3.63, 3.8) is 0 Å². The first-order valence-corrected chi connectivity index (χ1v) is 31.0. The second-order valence-electron chi connectivity index (χ2n) is 28.4. The number of carbonyl (C=O) groups excluding carboxylic acids is 4. The molecule has 0 radical (unpaired) electrons. The summed E-state index contributed by atoms with van der Waals surface area (Å²) in [5, 5.41) is 22.3. The highest BCUT2D eigenvalue weighted by Gasteiger charge is 2.88. The molecule has 1 saturated carbocycles. The molecule has 0 heterocycles. The minimum absolute atomic E-state index is 0.101. The van der Waals surface area contributed by atoms with E-state index >= 15 is 9.59 Å². The summed E-state index contributed by atoms with van der Waals surface area (Å²) in [6.07, 6.45) is 9.49. The molecular formula is C75H62O10. The van der Waals surface area contributed by atoms with Crippen LogP contribution in [-0.2, 0) is 66.1 Å². The van der Waals surface area contributed by atoms with E-state index < -0.39 is 51.7 Å². The lowest BCUT2D eigenvalue weighted by Crippen LogP contribution is -2.80. The molecule has 11 aromatic rings. The maximum absolute atomic E-state index is 16.7. The maximum Gasteiger partial charge on any atom is 0.514 e. The summed E-state index contributed by atoms with van der Waals surface area (Å²) in [6.45, 7) is 15.4. The van der Waals surface area contributed by atoms with Crippen LogP contribution in [0.25, 0.3) is 97.3 Å². The third kappa shape index (κ3) is 5.46. The van der Waals surface area contributed by atoms with Gasteiger partial charge < -0.3 is 28.4 Å². The predicted molar refractivity (Wildman–Crippen MR) is 330 cm³/mol. The highest BCUT2D eigenvalue weighted by Crippen LogP contribution is 2.86. The molecule has 8 aliphatic carbocycles. The Morgan fingerprint density at radius 2 is 1.00 bits per heavy atom. The first kappa shape index (κ1) is 49.1. The molecule has 11 aromatic carbocycles. The summed E-state index contributed by atoms with van der Waals surface area (Å²) in [6, 6.07) is 22.3. The minimum atomic E-state index is -1.71. The SMILES string of the molecule is CCC1(CC)C2c3cc4c5c6c7c8c9c%10c%11c%12c(cc%13cc%14c%15c(c%16c3c5c8c%16c3c%15c%13c%12c93)C2(C%14)C1(C(=O)OCCCc1ccc(OC(=O)OC(C)(C)C)cc1)C(=O)OCCCc1ccc(OC(=O)OC(C)(C)C)cc1)CC%11=CC(C=C6C4)C7%10. The average Bonchev–Trinajstić information content (AvgIpc) is 1.49. The van der Waals surface area contributed by atoms with Crippen LogP contribution in [0.4, 0.5) is 9.59 Å². The molecule has 422 valence electrons. The van der Waals surface area contributed by atoms with Crippen molar-refractivity contribution in [3.8, 4) is 11.5 Å². The molecule has 10 nitrogen and oxygen atoms in total. The standard InChI is InChI=1S/C75H62O10/c1-9-73(10-2)66-44-31-40-29-37-27-38-26-35-25-36-28-39-30-41-32-74(66,65-51(41)56-50(39)55-46(36)45(35)53-49(38)54-47(37)48(40)57-52(44)64(65)63-61(56)59(55)58(53)60(54)62(57)63)75(73,67(76)80-23-11-13-33-15-19-42(20-16-33)82-69(78)84-71(3,4)5)68(77)81-24-12-14-34-17-21-43(22-18-34)83-70(79)85-72(6,7)8/h15-22,26-28,30-31,38,49,66H,9-14,23-25,29,32H2,1-8H3. The molecule has 0 saturated heterocycles. The summed E-state index contributed by atoms with van der Waals surface area (Å²) in [4.78, 5) is 58.4. The van der Waals surface area contributed by atoms with Crippen LogP contribution in [0.2, 0.25) is 0 Å². The van der Waals surface area contributed by atoms with Gasteiger partial charge in [-0.15, -0.1) is 0 Å². The second kappa shape index (κ2) is 15.4. The number of hydrogen-bond donors (Lipinski definition) is 0. The lowest BCUT2D eigenvalue weighted by atomic mass is 9.26. The van der Waals surface area contributed by atoms with Gasteiger partial charge in [-0.1, -0.05) is 68.5 Å². The summed E-state index contributed by atoms with van der Waals surface area (Å²) in [5.41, 5.74) is 12.7. The van der Waals surface area contributed by atoms with Gasteiger partial charge in [-0.3, -0.25) is 9.59 Å². The molecule has 0 amide bonds. The van der Waals surface area contributed by atoms with Crippen LogP contribution in [-0.4, -0.2) is 48.7 Å².